The van der Waals surface area contributed by atoms with Gasteiger partial charge in [-0.1, -0.05) is 53.0 Å². The van der Waals surface area contributed by atoms with Crippen LogP contribution < -0.4 is 9.73 Å². The molecule has 3 aromatic rings. The summed E-state index contributed by atoms with van der Waals surface area (Å²) in [5.41, 5.74) is 2.28. The zero-order valence-electron chi connectivity index (χ0n) is 17.1. The van der Waals surface area contributed by atoms with Crippen molar-refractivity contribution in [3.05, 3.63) is 97.5 Å². The zero-order chi connectivity index (χ0) is 24.9. The molecule has 0 aliphatic carbocycles. The van der Waals surface area contributed by atoms with Crippen LogP contribution in [0.5, 0.6) is 0 Å². The predicted octanol–water partition coefficient (Wildman–Crippen LogP) is 4.90. The Kier molecular flexibility index (Phi) is 8.11. The number of hydrogen-bond donors (Lipinski definition) is 1. The molecular weight excluding hydrogens is 527 g/mol. The van der Waals surface area contributed by atoms with Crippen LogP contribution in [-0.4, -0.2) is 32.0 Å². The molecule has 3 aromatic carbocycles. The second-order valence-electron chi connectivity index (χ2n) is 6.68. The molecule has 0 fully saturated rings. The first-order chi connectivity index (χ1) is 16.1. The first-order valence-electron chi connectivity index (χ1n) is 9.38. The molecule has 0 radical (unpaired) electrons. The Morgan fingerprint density at radius 3 is 2.32 bits per heavy atom. The van der Waals surface area contributed by atoms with Gasteiger partial charge in [-0.3, -0.25) is 19.2 Å². The first kappa shape index (κ1) is 25.4. The normalized spacial score (nSPS) is 11.4. The third-order valence-corrected chi connectivity index (χ3v) is 7.26. The minimum atomic E-state index is -4.16. The molecule has 176 valence electrons. The van der Waals surface area contributed by atoms with Crippen molar-refractivity contribution in [3.8, 4) is 0 Å². The fourth-order valence-electron chi connectivity index (χ4n) is 2.76. The number of anilines is 1. The SMILES string of the molecule is O=C(CN(c1ccc(Cl)c(Cl)c1)S(=O)(=O)c1ccccc1)N/N=C\c1cc([N+](=O)[O-])ccc1Cl. The van der Waals surface area contributed by atoms with Crippen molar-refractivity contribution in [2.24, 2.45) is 5.10 Å². The van der Waals surface area contributed by atoms with Crippen LogP contribution in [0, 0.1) is 10.1 Å². The Morgan fingerprint density at radius 2 is 1.68 bits per heavy atom. The number of hydrazone groups is 1. The Morgan fingerprint density at radius 1 is 1.00 bits per heavy atom. The van der Waals surface area contributed by atoms with E-state index in [1.54, 1.807) is 18.2 Å². The molecule has 9 nitrogen and oxygen atoms in total. The lowest BCUT2D eigenvalue weighted by molar-refractivity contribution is -0.384. The number of nitrogens with one attached hydrogen (secondary N) is 1. The van der Waals surface area contributed by atoms with Crippen LogP contribution in [0.4, 0.5) is 11.4 Å². The Bertz CT molecular complexity index is 1370. The van der Waals surface area contributed by atoms with Crippen LogP contribution in [0.15, 0.2) is 76.7 Å². The summed E-state index contributed by atoms with van der Waals surface area (Å²) in [5, 5.41) is 15.2. The van der Waals surface area contributed by atoms with E-state index in [1.165, 1.54) is 48.5 Å². The van der Waals surface area contributed by atoms with Gasteiger partial charge in [-0.15, -0.1) is 0 Å². The topological polar surface area (TPSA) is 122 Å². The Hall–Kier alpha value is -3.18. The molecule has 0 unspecified atom stereocenters. The Balaban J connectivity index is 1.86. The fraction of sp³-hybridized carbons (Fsp3) is 0.0476. The predicted molar refractivity (Wildman–Crippen MR) is 131 cm³/mol. The third-order valence-electron chi connectivity index (χ3n) is 4.39. The van der Waals surface area contributed by atoms with Gasteiger partial charge in [0.15, 0.2) is 0 Å². The molecule has 0 saturated heterocycles. The monoisotopic (exact) mass is 540 g/mol. The van der Waals surface area contributed by atoms with Gasteiger partial charge in [-0.05, 0) is 36.4 Å². The molecule has 0 aliphatic heterocycles. The van der Waals surface area contributed by atoms with Crippen molar-refractivity contribution in [1.29, 1.82) is 0 Å². The largest absolute Gasteiger partial charge is 0.271 e. The highest BCUT2D eigenvalue weighted by molar-refractivity contribution is 7.92. The van der Waals surface area contributed by atoms with E-state index in [1.807, 2.05) is 0 Å². The fourth-order valence-corrected chi connectivity index (χ4v) is 4.65. The van der Waals surface area contributed by atoms with Gasteiger partial charge in [0.25, 0.3) is 21.6 Å². The van der Waals surface area contributed by atoms with Crippen LogP contribution in [0.2, 0.25) is 15.1 Å². The number of carbonyl (C=O) groups excluding carboxylic acids is 1. The van der Waals surface area contributed by atoms with Crippen molar-refractivity contribution >= 4 is 68.3 Å². The number of hydrogen-bond acceptors (Lipinski definition) is 6. The van der Waals surface area contributed by atoms with E-state index < -0.39 is 27.4 Å². The van der Waals surface area contributed by atoms with Crippen molar-refractivity contribution in [2.75, 3.05) is 10.8 Å². The van der Waals surface area contributed by atoms with E-state index in [0.29, 0.717) is 0 Å². The molecule has 13 heteroatoms. The molecule has 1 amide bonds. The van der Waals surface area contributed by atoms with Crippen LogP contribution in [0.25, 0.3) is 0 Å². The summed E-state index contributed by atoms with van der Waals surface area (Å²) < 4.78 is 27.4. The maximum atomic E-state index is 13.3. The van der Waals surface area contributed by atoms with Crippen LogP contribution >= 0.6 is 34.8 Å². The lowest BCUT2D eigenvalue weighted by Gasteiger charge is -2.24. The van der Waals surface area contributed by atoms with Crippen molar-refractivity contribution in [3.63, 3.8) is 0 Å². The Labute approximate surface area is 209 Å². The molecule has 0 spiro atoms. The van der Waals surface area contributed by atoms with Crippen LogP contribution in [-0.2, 0) is 14.8 Å². The summed E-state index contributed by atoms with van der Waals surface area (Å²) in [5.74, 6) is -0.789. The lowest BCUT2D eigenvalue weighted by atomic mass is 10.2. The van der Waals surface area contributed by atoms with E-state index in [4.69, 9.17) is 34.8 Å². The third kappa shape index (κ3) is 6.03. The van der Waals surface area contributed by atoms with Gasteiger partial charge in [0.1, 0.15) is 6.54 Å². The van der Waals surface area contributed by atoms with Gasteiger partial charge in [0.05, 0.1) is 31.8 Å². The van der Waals surface area contributed by atoms with Crippen molar-refractivity contribution in [2.45, 2.75) is 4.90 Å². The molecule has 0 aromatic heterocycles. The molecule has 0 bridgehead atoms. The van der Waals surface area contributed by atoms with E-state index in [-0.39, 0.29) is 36.9 Å². The van der Waals surface area contributed by atoms with Gasteiger partial charge in [-0.25, -0.2) is 13.8 Å². The average molecular weight is 542 g/mol. The van der Waals surface area contributed by atoms with Crippen molar-refractivity contribution in [1.82, 2.24) is 5.43 Å². The van der Waals surface area contributed by atoms with E-state index in [2.05, 4.69) is 10.5 Å². The number of nitro benzene ring substituents is 1. The molecule has 1 N–H and O–H groups in total. The standard InChI is InChI=1S/C21H15Cl3N4O5S/c22-18-8-7-16(28(30)31)10-14(18)12-25-26-21(29)13-27(15-6-9-19(23)20(24)11-15)34(32,33)17-4-2-1-3-5-17/h1-12H,13H2,(H,26,29)/b25-12-. The maximum Gasteiger partial charge on any atom is 0.270 e. The minimum absolute atomic E-state index is 0.0410. The second-order valence-corrected chi connectivity index (χ2v) is 9.76. The number of non-ortho nitro benzene ring substituents is 1. The lowest BCUT2D eigenvalue weighted by Crippen LogP contribution is -2.39. The number of nitrogens with zero attached hydrogens (tertiary/aromatic N) is 3. The summed E-state index contributed by atoms with van der Waals surface area (Å²) in [7, 11) is -4.16. The molecule has 34 heavy (non-hydrogen) atoms. The molecule has 0 aliphatic rings. The summed E-state index contributed by atoms with van der Waals surface area (Å²) in [6.07, 6.45) is 1.11. The summed E-state index contributed by atoms with van der Waals surface area (Å²) in [6.45, 7) is -0.644. The highest BCUT2D eigenvalue weighted by atomic mass is 35.5. The number of amides is 1. The molecule has 0 saturated carbocycles. The van der Waals surface area contributed by atoms with Gasteiger partial charge in [0.2, 0.25) is 0 Å². The zero-order valence-corrected chi connectivity index (χ0v) is 20.1. The van der Waals surface area contributed by atoms with E-state index >= 15 is 0 Å². The summed E-state index contributed by atoms with van der Waals surface area (Å²) >= 11 is 18.0. The smallest absolute Gasteiger partial charge is 0.270 e. The quantitative estimate of drug-likeness (QED) is 0.247. The van der Waals surface area contributed by atoms with Gasteiger partial charge >= 0.3 is 0 Å². The summed E-state index contributed by atoms with van der Waals surface area (Å²) in [4.78, 5) is 22.9. The van der Waals surface area contributed by atoms with Gasteiger partial charge in [-0.2, -0.15) is 5.10 Å². The maximum absolute atomic E-state index is 13.3. The molecule has 0 heterocycles. The highest BCUT2D eigenvalue weighted by Crippen LogP contribution is 2.30. The van der Waals surface area contributed by atoms with Crippen LogP contribution in [0.1, 0.15) is 5.56 Å². The highest BCUT2D eigenvalue weighted by Gasteiger charge is 2.27. The number of halogens is 3. The average Bonchev–Trinajstić information content (AvgIpc) is 2.81. The number of sulfonamides is 1. The van der Waals surface area contributed by atoms with E-state index in [9.17, 15) is 23.3 Å². The van der Waals surface area contributed by atoms with E-state index in [0.717, 1.165) is 10.5 Å². The summed E-state index contributed by atoms with van der Waals surface area (Å²) in [6, 6.07) is 15.4. The molecule has 0 atom stereocenters. The second kappa shape index (κ2) is 10.8. The van der Waals surface area contributed by atoms with Crippen molar-refractivity contribution < 1.29 is 18.1 Å². The molecular formula is C21H15Cl3N4O5S. The first-order valence-corrected chi connectivity index (χ1v) is 12.0. The number of nitro groups is 1. The molecule has 3 rings (SSSR count). The number of benzene rings is 3. The number of rotatable bonds is 8. The minimum Gasteiger partial charge on any atom is -0.271 e. The van der Waals surface area contributed by atoms with Crippen LogP contribution in [0.3, 0.4) is 0 Å². The van der Waals surface area contributed by atoms with Gasteiger partial charge < -0.3 is 0 Å². The number of carbonyl (C=O) groups is 1. The van der Waals surface area contributed by atoms with Gasteiger partial charge in [0, 0.05) is 22.7 Å².